The summed E-state index contributed by atoms with van der Waals surface area (Å²) in [6, 6.07) is 0. The number of nitrogens with zero attached hydrogens (tertiary/aromatic N) is 5. The second-order valence-electron chi connectivity index (χ2n) is 6.67. The van der Waals surface area contributed by atoms with Crippen molar-refractivity contribution in [2.45, 2.75) is 6.54 Å². The van der Waals surface area contributed by atoms with Gasteiger partial charge in [-0.15, -0.1) is 0 Å². The third-order valence-electron chi connectivity index (χ3n) is 4.41. The minimum absolute atomic E-state index is 0.173. The molecule has 0 radical (unpaired) electrons. The second kappa shape index (κ2) is 8.54. The Morgan fingerprint density at radius 3 is 2.35 bits per heavy atom. The van der Waals surface area contributed by atoms with E-state index in [0.29, 0.717) is 18.4 Å². The maximum atomic E-state index is 9.64. The number of aliphatic hydroxyl groups excluding tert-OH is 2. The van der Waals surface area contributed by atoms with E-state index in [4.69, 9.17) is 5.11 Å². The molecule has 0 aromatic carbocycles. The van der Waals surface area contributed by atoms with E-state index in [1.165, 1.54) is 0 Å². The van der Waals surface area contributed by atoms with Gasteiger partial charge in [-0.25, -0.2) is 9.97 Å². The Balaban J connectivity index is 1.91. The average Bonchev–Trinajstić information content (AvgIpc) is 2.89. The fourth-order valence-corrected chi connectivity index (χ4v) is 3.16. The van der Waals surface area contributed by atoms with Crippen LogP contribution in [0.2, 0.25) is 0 Å². The van der Waals surface area contributed by atoms with E-state index in [9.17, 15) is 5.11 Å². The lowest BCUT2D eigenvalue weighted by Gasteiger charge is -2.23. The minimum Gasteiger partial charge on any atom is -0.396 e. The summed E-state index contributed by atoms with van der Waals surface area (Å²) in [5.41, 5.74) is 1.09. The van der Waals surface area contributed by atoms with Crippen molar-refractivity contribution in [1.29, 1.82) is 0 Å². The molecule has 1 saturated heterocycles. The van der Waals surface area contributed by atoms with Crippen LogP contribution in [0.25, 0.3) is 0 Å². The van der Waals surface area contributed by atoms with Crippen LogP contribution in [0.3, 0.4) is 0 Å². The molecular weight excluding hydrogens is 294 g/mol. The Hall–Kier alpha value is -1.28. The summed E-state index contributed by atoms with van der Waals surface area (Å²) in [5.74, 6) is 1.43. The Kier molecular flexibility index (Phi) is 6.71. The van der Waals surface area contributed by atoms with Crippen LogP contribution in [0.15, 0.2) is 12.4 Å². The molecule has 2 rings (SSSR count). The lowest BCUT2D eigenvalue weighted by atomic mass is 9.96. The Bertz CT molecular complexity index is 468. The number of hydrogen-bond acceptors (Lipinski definition) is 7. The Labute approximate surface area is 138 Å². The normalized spacial score (nSPS) is 22.0. The first-order valence-electron chi connectivity index (χ1n) is 8.14. The van der Waals surface area contributed by atoms with Crippen LogP contribution >= 0.6 is 0 Å². The summed E-state index contributed by atoms with van der Waals surface area (Å²) in [6.45, 7) is 4.62. The van der Waals surface area contributed by atoms with Gasteiger partial charge in [0.05, 0.1) is 6.61 Å². The molecule has 1 aromatic heterocycles. The quantitative estimate of drug-likeness (QED) is 0.668. The van der Waals surface area contributed by atoms with Crippen LogP contribution in [0.4, 0.5) is 5.95 Å². The number of likely N-dealkylation sites (N-methyl/N-ethyl adjacent to an activating group) is 1. The summed E-state index contributed by atoms with van der Waals surface area (Å²) >= 11 is 0. The van der Waals surface area contributed by atoms with E-state index < -0.39 is 0 Å². The highest BCUT2D eigenvalue weighted by molar-refractivity contribution is 5.26. The van der Waals surface area contributed by atoms with Crippen molar-refractivity contribution in [2.24, 2.45) is 11.8 Å². The monoisotopic (exact) mass is 323 g/mol. The molecule has 7 nitrogen and oxygen atoms in total. The highest BCUT2D eigenvalue weighted by Gasteiger charge is 2.32. The summed E-state index contributed by atoms with van der Waals surface area (Å²) in [5, 5.41) is 18.7. The summed E-state index contributed by atoms with van der Waals surface area (Å²) < 4.78 is 0. The average molecular weight is 323 g/mol. The molecular formula is C16H29N5O2. The first-order valence-corrected chi connectivity index (χ1v) is 8.14. The zero-order valence-corrected chi connectivity index (χ0v) is 14.4. The molecule has 2 atom stereocenters. The van der Waals surface area contributed by atoms with Gasteiger partial charge in [0.15, 0.2) is 0 Å². The van der Waals surface area contributed by atoms with E-state index in [1.54, 1.807) is 0 Å². The van der Waals surface area contributed by atoms with Gasteiger partial charge in [0, 0.05) is 71.4 Å². The zero-order valence-electron chi connectivity index (χ0n) is 14.4. The van der Waals surface area contributed by atoms with Gasteiger partial charge in [-0.3, -0.25) is 4.90 Å². The number of aliphatic hydroxyl groups is 2. The molecule has 7 heteroatoms. The van der Waals surface area contributed by atoms with Gasteiger partial charge >= 0.3 is 0 Å². The van der Waals surface area contributed by atoms with Crippen molar-refractivity contribution < 1.29 is 10.2 Å². The lowest BCUT2D eigenvalue weighted by molar-refractivity contribution is 0.160. The fourth-order valence-electron chi connectivity index (χ4n) is 3.16. The molecule has 0 unspecified atom stereocenters. The molecule has 0 amide bonds. The third kappa shape index (κ3) is 5.10. The number of anilines is 1. The van der Waals surface area contributed by atoms with Crippen LogP contribution in [0.5, 0.6) is 0 Å². The molecule has 0 spiro atoms. The van der Waals surface area contributed by atoms with Crippen LogP contribution in [-0.2, 0) is 6.54 Å². The number of hydrogen-bond donors (Lipinski definition) is 2. The predicted octanol–water partition coefficient (Wildman–Crippen LogP) is -0.493. The zero-order chi connectivity index (χ0) is 16.8. The van der Waals surface area contributed by atoms with Gasteiger partial charge in [0.2, 0.25) is 5.95 Å². The van der Waals surface area contributed by atoms with Crippen molar-refractivity contribution in [3.05, 3.63) is 18.0 Å². The fraction of sp³-hybridized carbons (Fsp3) is 0.750. The van der Waals surface area contributed by atoms with E-state index in [2.05, 4.69) is 19.8 Å². The molecule has 1 aliphatic rings. The lowest BCUT2D eigenvalue weighted by Crippen LogP contribution is -2.32. The highest BCUT2D eigenvalue weighted by Crippen LogP contribution is 2.25. The highest BCUT2D eigenvalue weighted by atomic mass is 16.3. The third-order valence-corrected chi connectivity index (χ3v) is 4.41. The molecule has 2 N–H and O–H groups in total. The topological polar surface area (TPSA) is 76.0 Å². The summed E-state index contributed by atoms with van der Waals surface area (Å²) in [7, 11) is 5.87. The van der Waals surface area contributed by atoms with Gasteiger partial charge in [0.1, 0.15) is 0 Å². The van der Waals surface area contributed by atoms with Crippen molar-refractivity contribution in [3.8, 4) is 0 Å². The Morgan fingerprint density at radius 2 is 1.78 bits per heavy atom. The first-order chi connectivity index (χ1) is 11.0. The standard InChI is InChI=1S/C16H29N5O2/c1-19(2)16-17-6-13(7-18-16)8-21-10-14(15(11-21)12-23)9-20(3)4-5-22/h6-7,14-15,22-23H,4-5,8-12H2,1-3H3/t14-,15-/m1/s1. The first kappa shape index (κ1) is 18.1. The maximum absolute atomic E-state index is 9.64. The van der Waals surface area contributed by atoms with E-state index in [-0.39, 0.29) is 19.1 Å². The maximum Gasteiger partial charge on any atom is 0.224 e. The summed E-state index contributed by atoms with van der Waals surface area (Å²) in [6.07, 6.45) is 3.75. The smallest absolute Gasteiger partial charge is 0.224 e. The van der Waals surface area contributed by atoms with Gasteiger partial charge in [-0.05, 0) is 18.9 Å². The molecule has 1 fully saturated rings. The van der Waals surface area contributed by atoms with E-state index >= 15 is 0 Å². The molecule has 0 aliphatic carbocycles. The molecule has 130 valence electrons. The number of aromatic nitrogens is 2. The van der Waals surface area contributed by atoms with Crippen LogP contribution in [0, 0.1) is 11.8 Å². The van der Waals surface area contributed by atoms with Crippen LogP contribution < -0.4 is 4.90 Å². The van der Waals surface area contributed by atoms with Gasteiger partial charge in [-0.1, -0.05) is 0 Å². The van der Waals surface area contributed by atoms with Gasteiger partial charge < -0.3 is 20.0 Å². The van der Waals surface area contributed by atoms with Crippen molar-refractivity contribution in [1.82, 2.24) is 19.8 Å². The molecule has 0 bridgehead atoms. The van der Waals surface area contributed by atoms with Gasteiger partial charge in [-0.2, -0.15) is 0 Å². The van der Waals surface area contributed by atoms with Gasteiger partial charge in [0.25, 0.3) is 0 Å². The molecule has 23 heavy (non-hydrogen) atoms. The summed E-state index contributed by atoms with van der Waals surface area (Å²) in [4.78, 5) is 15.1. The molecule has 0 saturated carbocycles. The Morgan fingerprint density at radius 1 is 1.13 bits per heavy atom. The molecule has 1 aliphatic heterocycles. The largest absolute Gasteiger partial charge is 0.396 e. The second-order valence-corrected chi connectivity index (χ2v) is 6.67. The van der Waals surface area contributed by atoms with E-state index in [1.807, 2.05) is 38.4 Å². The van der Waals surface area contributed by atoms with E-state index in [0.717, 1.165) is 31.7 Å². The number of rotatable bonds is 8. The van der Waals surface area contributed by atoms with Crippen molar-refractivity contribution in [2.75, 3.05) is 65.4 Å². The molecule has 1 aromatic rings. The van der Waals surface area contributed by atoms with Crippen molar-refractivity contribution >= 4 is 5.95 Å². The predicted molar refractivity (Wildman–Crippen MR) is 90.3 cm³/mol. The SMILES string of the molecule is CN(CCO)C[C@@H]1CN(Cc2cnc(N(C)C)nc2)C[C@@H]1CO. The van der Waals surface area contributed by atoms with Crippen molar-refractivity contribution in [3.63, 3.8) is 0 Å². The van der Waals surface area contributed by atoms with Crippen LogP contribution in [0.1, 0.15) is 5.56 Å². The molecule has 2 heterocycles. The number of likely N-dealkylation sites (tertiary alicyclic amines) is 1. The van der Waals surface area contributed by atoms with Crippen LogP contribution in [-0.4, -0.2) is 90.5 Å². The minimum atomic E-state index is 0.173.